The molecular weight excluding hydrogens is 204 g/mol. The molecule has 0 aliphatic carbocycles. The first-order chi connectivity index (χ1) is 6.37. The van der Waals surface area contributed by atoms with E-state index >= 15 is 0 Å². The van der Waals surface area contributed by atoms with Crippen LogP contribution in [0.15, 0.2) is 0 Å². The van der Waals surface area contributed by atoms with E-state index in [1.165, 1.54) is 0 Å². The number of carbonyl (C=O) groups is 1. The second-order valence-corrected chi connectivity index (χ2v) is 5.76. The highest BCUT2D eigenvalue weighted by Crippen LogP contribution is 1.91. The fourth-order valence-corrected chi connectivity index (χ4v) is 1.83. The van der Waals surface area contributed by atoms with Gasteiger partial charge in [-0.05, 0) is 5.92 Å². The van der Waals surface area contributed by atoms with Gasteiger partial charge >= 0.3 is 0 Å². The van der Waals surface area contributed by atoms with Crippen molar-refractivity contribution in [2.24, 2.45) is 11.7 Å². The summed E-state index contributed by atoms with van der Waals surface area (Å²) in [6.07, 6.45) is 0. The molecule has 0 rings (SSSR count). The lowest BCUT2D eigenvalue weighted by Gasteiger charge is -2.07. The zero-order valence-electron chi connectivity index (χ0n) is 8.62. The number of sulfone groups is 1. The molecule has 0 spiro atoms. The number of nitrogens with one attached hydrogen (secondary N) is 1. The van der Waals surface area contributed by atoms with E-state index in [1.54, 1.807) is 0 Å². The van der Waals surface area contributed by atoms with Gasteiger partial charge in [0, 0.05) is 13.1 Å². The van der Waals surface area contributed by atoms with Crippen molar-refractivity contribution in [2.45, 2.75) is 13.8 Å². The van der Waals surface area contributed by atoms with E-state index in [-0.39, 0.29) is 12.3 Å². The Kier molecular flexibility index (Phi) is 5.71. The van der Waals surface area contributed by atoms with Crippen LogP contribution < -0.4 is 11.1 Å². The summed E-state index contributed by atoms with van der Waals surface area (Å²) in [5.74, 6) is -0.734. The predicted molar refractivity (Wildman–Crippen MR) is 55.6 cm³/mol. The fraction of sp³-hybridized carbons (Fsp3) is 0.875. The summed E-state index contributed by atoms with van der Waals surface area (Å²) in [5.41, 5.74) is 5.10. The second kappa shape index (κ2) is 5.98. The van der Waals surface area contributed by atoms with Crippen LogP contribution in [0.2, 0.25) is 0 Å². The lowest BCUT2D eigenvalue weighted by molar-refractivity contribution is -0.118. The van der Waals surface area contributed by atoms with Gasteiger partial charge in [0.15, 0.2) is 9.84 Å². The number of hydrogen-bond acceptors (Lipinski definition) is 4. The Labute approximate surface area is 85.0 Å². The number of nitrogens with two attached hydrogens (primary N) is 1. The number of carbonyl (C=O) groups excluding carboxylic acids is 1. The highest BCUT2D eigenvalue weighted by molar-refractivity contribution is 7.92. The lowest BCUT2D eigenvalue weighted by Crippen LogP contribution is -2.34. The van der Waals surface area contributed by atoms with Crippen LogP contribution in [0.5, 0.6) is 0 Å². The van der Waals surface area contributed by atoms with Crippen molar-refractivity contribution in [2.75, 3.05) is 24.6 Å². The SMILES string of the molecule is CC(C)CNC(=O)CS(=O)(=O)CCN. The molecule has 0 aromatic rings. The normalized spacial score (nSPS) is 11.7. The smallest absolute Gasteiger partial charge is 0.235 e. The maximum atomic E-state index is 11.1. The minimum absolute atomic E-state index is 0.0554. The summed E-state index contributed by atoms with van der Waals surface area (Å²) >= 11 is 0. The highest BCUT2D eigenvalue weighted by atomic mass is 32.2. The van der Waals surface area contributed by atoms with Gasteiger partial charge in [-0.1, -0.05) is 13.8 Å². The third-order valence-electron chi connectivity index (χ3n) is 1.49. The molecule has 0 saturated carbocycles. The van der Waals surface area contributed by atoms with E-state index < -0.39 is 21.5 Å². The summed E-state index contributed by atoms with van der Waals surface area (Å²) in [4.78, 5) is 11.1. The van der Waals surface area contributed by atoms with Crippen LogP contribution in [-0.4, -0.2) is 38.9 Å². The van der Waals surface area contributed by atoms with Crippen molar-refractivity contribution in [1.82, 2.24) is 5.32 Å². The molecular formula is C8H18N2O3S. The first-order valence-corrected chi connectivity index (χ1v) is 6.36. The van der Waals surface area contributed by atoms with E-state index in [4.69, 9.17) is 5.73 Å². The molecule has 0 heterocycles. The van der Waals surface area contributed by atoms with Crippen molar-refractivity contribution in [1.29, 1.82) is 0 Å². The van der Waals surface area contributed by atoms with Crippen LogP contribution >= 0.6 is 0 Å². The maximum absolute atomic E-state index is 11.1. The van der Waals surface area contributed by atoms with Gasteiger partial charge in [-0.3, -0.25) is 4.79 Å². The zero-order valence-corrected chi connectivity index (χ0v) is 9.43. The number of rotatable bonds is 6. The zero-order chi connectivity index (χ0) is 11.2. The molecule has 0 aromatic heterocycles. The molecule has 0 unspecified atom stereocenters. The molecule has 0 aliphatic heterocycles. The third-order valence-corrected chi connectivity index (χ3v) is 3.05. The predicted octanol–water partition coefficient (Wildman–Crippen LogP) is -0.868. The van der Waals surface area contributed by atoms with E-state index in [0.717, 1.165) is 0 Å². The first-order valence-electron chi connectivity index (χ1n) is 4.54. The topological polar surface area (TPSA) is 89.3 Å². The van der Waals surface area contributed by atoms with Crippen molar-refractivity contribution >= 4 is 15.7 Å². The van der Waals surface area contributed by atoms with Gasteiger partial charge in [0.05, 0.1) is 5.75 Å². The summed E-state index contributed by atoms with van der Waals surface area (Å²) in [6.45, 7) is 4.43. The Bertz CT molecular complexity index is 272. The molecule has 14 heavy (non-hydrogen) atoms. The average Bonchev–Trinajstić information content (AvgIpc) is 1.99. The van der Waals surface area contributed by atoms with Crippen molar-refractivity contribution < 1.29 is 13.2 Å². The Hall–Kier alpha value is -0.620. The summed E-state index contributed by atoms with van der Waals surface area (Å²) in [6, 6.07) is 0. The van der Waals surface area contributed by atoms with E-state index in [2.05, 4.69) is 5.32 Å². The summed E-state index contributed by atoms with van der Waals surface area (Å²) in [5, 5.41) is 2.54. The van der Waals surface area contributed by atoms with Gasteiger partial charge in [0.1, 0.15) is 5.75 Å². The lowest BCUT2D eigenvalue weighted by atomic mass is 10.2. The molecule has 3 N–H and O–H groups in total. The maximum Gasteiger partial charge on any atom is 0.235 e. The molecule has 0 fully saturated rings. The average molecular weight is 222 g/mol. The first kappa shape index (κ1) is 13.4. The van der Waals surface area contributed by atoms with Crippen LogP contribution in [-0.2, 0) is 14.6 Å². The van der Waals surface area contributed by atoms with Crippen molar-refractivity contribution in [3.05, 3.63) is 0 Å². The van der Waals surface area contributed by atoms with Gasteiger partial charge in [-0.25, -0.2) is 8.42 Å². The monoisotopic (exact) mass is 222 g/mol. The standard InChI is InChI=1S/C8H18N2O3S/c1-7(2)5-10-8(11)6-14(12,13)4-3-9/h7H,3-6,9H2,1-2H3,(H,10,11). The molecule has 5 nitrogen and oxygen atoms in total. The van der Waals surface area contributed by atoms with Gasteiger partial charge in [-0.2, -0.15) is 0 Å². The number of amides is 1. The van der Waals surface area contributed by atoms with Crippen molar-refractivity contribution in [3.8, 4) is 0 Å². The van der Waals surface area contributed by atoms with Crippen LogP contribution in [0.1, 0.15) is 13.8 Å². The molecule has 0 atom stereocenters. The Morgan fingerprint density at radius 3 is 2.43 bits per heavy atom. The van der Waals surface area contributed by atoms with Crippen LogP contribution in [0, 0.1) is 5.92 Å². The number of hydrogen-bond donors (Lipinski definition) is 2. The van der Waals surface area contributed by atoms with Crippen LogP contribution in [0.3, 0.4) is 0 Å². The minimum atomic E-state index is -3.32. The molecule has 0 aliphatic rings. The summed E-state index contributed by atoms with van der Waals surface area (Å²) in [7, 11) is -3.32. The van der Waals surface area contributed by atoms with Gasteiger partial charge in [0.25, 0.3) is 0 Å². The minimum Gasteiger partial charge on any atom is -0.355 e. The van der Waals surface area contributed by atoms with Gasteiger partial charge in [-0.15, -0.1) is 0 Å². The van der Waals surface area contributed by atoms with Crippen LogP contribution in [0.25, 0.3) is 0 Å². The molecule has 6 heteroatoms. The fourth-order valence-electron chi connectivity index (χ4n) is 0.820. The molecule has 0 radical (unpaired) electrons. The third kappa shape index (κ3) is 6.85. The van der Waals surface area contributed by atoms with Crippen molar-refractivity contribution in [3.63, 3.8) is 0 Å². The van der Waals surface area contributed by atoms with E-state index in [0.29, 0.717) is 12.5 Å². The molecule has 1 amide bonds. The molecule has 0 aromatic carbocycles. The Morgan fingerprint density at radius 2 is 2.00 bits per heavy atom. The molecule has 0 bridgehead atoms. The summed E-state index contributed by atoms with van der Waals surface area (Å²) < 4.78 is 22.3. The molecule has 0 saturated heterocycles. The second-order valence-electron chi connectivity index (χ2n) is 3.58. The van der Waals surface area contributed by atoms with Gasteiger partial charge < -0.3 is 11.1 Å². The van der Waals surface area contributed by atoms with Gasteiger partial charge in [0.2, 0.25) is 5.91 Å². The van der Waals surface area contributed by atoms with Crippen LogP contribution in [0.4, 0.5) is 0 Å². The molecule has 84 valence electrons. The van der Waals surface area contributed by atoms with E-state index in [1.807, 2.05) is 13.8 Å². The Morgan fingerprint density at radius 1 is 1.43 bits per heavy atom. The quantitative estimate of drug-likeness (QED) is 0.611. The van der Waals surface area contributed by atoms with E-state index in [9.17, 15) is 13.2 Å². The Balaban J connectivity index is 3.94. The highest BCUT2D eigenvalue weighted by Gasteiger charge is 2.15. The largest absolute Gasteiger partial charge is 0.355 e.